The SMILES string of the molecule is O=C(OCC1OC(OC(=O)c2cc(O)c(OC(=O)c3cc(O)c(O)c(O)c3)c(O)c2)C(OC(=O)c2cc(O)c(O)c(O)c2)C(OC(=O)c2cc(O)c(O)c(O)c2)C1OC(=O)c1cc(O)c(O)c(O)c1)c1cc(O)c(O)c(O)c1. The predicted molar refractivity (Wildman–Crippen MR) is 244 cm³/mol. The zero-order valence-electron chi connectivity index (χ0n) is 38.4. The molecule has 6 aromatic carbocycles. The second kappa shape index (κ2) is 21.3. The minimum absolute atomic E-state index is 0.471. The fourth-order valence-electron chi connectivity index (χ4n) is 7.08. The van der Waals surface area contributed by atoms with E-state index in [0.29, 0.717) is 72.8 Å². The van der Waals surface area contributed by atoms with Crippen molar-refractivity contribution in [2.75, 3.05) is 6.61 Å². The van der Waals surface area contributed by atoms with Crippen LogP contribution in [0.3, 0.4) is 0 Å². The molecule has 408 valence electrons. The highest BCUT2D eigenvalue weighted by molar-refractivity contribution is 5.96. The van der Waals surface area contributed by atoms with E-state index < -0.39 is 210 Å². The Morgan fingerprint density at radius 3 is 0.910 bits per heavy atom. The highest BCUT2D eigenvalue weighted by Gasteiger charge is 2.55. The van der Waals surface area contributed by atoms with Crippen molar-refractivity contribution in [2.24, 2.45) is 0 Å². The minimum Gasteiger partial charge on any atom is -0.504 e. The molecule has 0 saturated carbocycles. The number of phenolic OH excluding ortho intramolecular Hbond substituents is 17. The zero-order chi connectivity index (χ0) is 57.3. The van der Waals surface area contributed by atoms with Crippen LogP contribution in [0, 0.1) is 0 Å². The smallest absolute Gasteiger partial charge is 0.344 e. The van der Waals surface area contributed by atoms with Gasteiger partial charge in [-0.15, -0.1) is 0 Å². The lowest BCUT2D eigenvalue weighted by atomic mass is 9.97. The van der Waals surface area contributed by atoms with Gasteiger partial charge < -0.3 is 120 Å². The summed E-state index contributed by atoms with van der Waals surface area (Å²) < 4.78 is 38.4. The summed E-state index contributed by atoms with van der Waals surface area (Å²) in [4.78, 5) is 82.5. The van der Waals surface area contributed by atoms with Gasteiger partial charge in [0.2, 0.25) is 18.1 Å². The van der Waals surface area contributed by atoms with Crippen LogP contribution in [0.1, 0.15) is 62.1 Å². The minimum atomic E-state index is -2.68. The van der Waals surface area contributed by atoms with Gasteiger partial charge in [0.25, 0.3) is 0 Å². The molecule has 1 saturated heterocycles. The van der Waals surface area contributed by atoms with Crippen molar-refractivity contribution in [3.05, 3.63) is 106 Å². The lowest BCUT2D eigenvalue weighted by molar-refractivity contribution is -0.282. The number of ether oxygens (including phenoxy) is 7. The summed E-state index contributed by atoms with van der Waals surface area (Å²) in [5, 5.41) is 172. The normalized spacial score (nSPS) is 16.7. The Morgan fingerprint density at radius 1 is 0.321 bits per heavy atom. The summed E-state index contributed by atoms with van der Waals surface area (Å²) in [6.45, 7) is -1.33. The molecule has 1 aliphatic heterocycles. The highest BCUT2D eigenvalue weighted by Crippen LogP contribution is 2.43. The molecule has 1 aliphatic rings. The average molecular weight is 1090 g/mol. The number of rotatable bonds is 13. The van der Waals surface area contributed by atoms with Gasteiger partial charge in [-0.05, 0) is 72.8 Å². The number of hydrogen-bond acceptors (Lipinski definition) is 30. The van der Waals surface area contributed by atoms with Gasteiger partial charge in [0, 0.05) is 0 Å². The molecule has 5 unspecified atom stereocenters. The van der Waals surface area contributed by atoms with Crippen molar-refractivity contribution in [3.63, 3.8) is 0 Å². The van der Waals surface area contributed by atoms with Gasteiger partial charge in [0.1, 0.15) is 12.7 Å². The molecule has 30 nitrogen and oxygen atoms in total. The van der Waals surface area contributed by atoms with E-state index in [4.69, 9.17) is 33.2 Å². The molecule has 0 aliphatic carbocycles. The third-order valence-electron chi connectivity index (χ3n) is 10.9. The Morgan fingerprint density at radius 2 is 0.577 bits per heavy atom. The van der Waals surface area contributed by atoms with Gasteiger partial charge in [-0.2, -0.15) is 0 Å². The van der Waals surface area contributed by atoms with E-state index in [1.54, 1.807) is 0 Å². The fourth-order valence-corrected chi connectivity index (χ4v) is 7.08. The van der Waals surface area contributed by atoms with E-state index in [1.165, 1.54) is 0 Å². The number of carbonyl (C=O) groups is 6. The Hall–Kier alpha value is -11.3. The van der Waals surface area contributed by atoms with Gasteiger partial charge in [-0.25, -0.2) is 28.8 Å². The van der Waals surface area contributed by atoms with Gasteiger partial charge in [-0.3, -0.25) is 0 Å². The van der Waals surface area contributed by atoms with Crippen LogP contribution in [0.25, 0.3) is 0 Å². The van der Waals surface area contributed by atoms with Crippen LogP contribution in [-0.2, 0) is 28.4 Å². The van der Waals surface area contributed by atoms with Crippen LogP contribution in [0.2, 0.25) is 0 Å². The number of esters is 6. The van der Waals surface area contributed by atoms with E-state index in [-0.39, 0.29) is 0 Å². The Balaban J connectivity index is 1.36. The largest absolute Gasteiger partial charge is 0.504 e. The quantitative estimate of drug-likeness (QED) is 0.0341. The maximum atomic E-state index is 14.1. The van der Waals surface area contributed by atoms with Crippen molar-refractivity contribution in [3.8, 4) is 103 Å². The molecule has 1 heterocycles. The lowest BCUT2D eigenvalue weighted by Crippen LogP contribution is -2.63. The average Bonchev–Trinajstić information content (AvgIpc) is 3.38. The molecule has 0 amide bonds. The van der Waals surface area contributed by atoms with Crippen LogP contribution < -0.4 is 4.74 Å². The summed E-state index contributed by atoms with van der Waals surface area (Å²) in [5.74, 6) is -30.1. The number of phenols is 17. The molecule has 0 bridgehead atoms. The van der Waals surface area contributed by atoms with Gasteiger partial charge in [0.05, 0.1) is 33.4 Å². The second-order valence-corrected chi connectivity index (χ2v) is 16.2. The number of benzene rings is 6. The molecule has 6 aromatic rings. The molecule has 0 radical (unpaired) electrons. The Bertz CT molecular complexity index is 3320. The van der Waals surface area contributed by atoms with Crippen molar-refractivity contribution < 1.29 is 149 Å². The molecule has 5 atom stereocenters. The zero-order valence-corrected chi connectivity index (χ0v) is 38.4. The number of aromatic hydroxyl groups is 17. The Labute approximate surface area is 430 Å². The summed E-state index contributed by atoms with van der Waals surface area (Å²) in [6, 6.07) is 6.40. The topological polar surface area (TPSA) is 511 Å². The fraction of sp³-hybridized carbons (Fsp3) is 0.125. The monoisotopic (exact) mass is 1090 g/mol. The standard InChI is InChI=1S/C48H36O30/c49-20-1-14(2-21(50)33(20)61)42(66)72-13-32-39(75-44(68)16-5-24(53)35(63)25(54)6-16)40(76-45(69)17-7-26(55)36(64)27(56)8-17)41(77-46(70)18-9-28(57)37(65)29(58)10-18)48(73-32)78-47(71)19-11-30(59)38(31(60)12-19)74-43(67)15-3-22(51)34(62)23(52)4-15/h1-12,32,39-41,48-65H,13H2. The molecule has 30 heteroatoms. The van der Waals surface area contributed by atoms with Crippen molar-refractivity contribution >= 4 is 35.8 Å². The van der Waals surface area contributed by atoms with Gasteiger partial charge in [-0.1, -0.05) is 0 Å². The number of carbonyl (C=O) groups excluding carboxylic acids is 6. The molecule has 1 fully saturated rings. The van der Waals surface area contributed by atoms with Gasteiger partial charge >= 0.3 is 35.8 Å². The highest BCUT2D eigenvalue weighted by atomic mass is 16.7. The molecular weight excluding hydrogens is 1060 g/mol. The van der Waals surface area contributed by atoms with Crippen molar-refractivity contribution in [1.29, 1.82) is 0 Å². The second-order valence-electron chi connectivity index (χ2n) is 16.2. The van der Waals surface area contributed by atoms with Crippen LogP contribution in [0.5, 0.6) is 103 Å². The molecular formula is C48H36O30. The summed E-state index contributed by atoms with van der Waals surface area (Å²) >= 11 is 0. The van der Waals surface area contributed by atoms with Crippen LogP contribution in [-0.4, -0.2) is 160 Å². The van der Waals surface area contributed by atoms with E-state index in [0.717, 1.165) is 0 Å². The van der Waals surface area contributed by atoms with Gasteiger partial charge in [0.15, 0.2) is 110 Å². The maximum absolute atomic E-state index is 14.1. The van der Waals surface area contributed by atoms with Crippen LogP contribution in [0.15, 0.2) is 72.8 Å². The van der Waals surface area contributed by atoms with E-state index in [1.807, 2.05) is 0 Å². The lowest BCUT2D eigenvalue weighted by Gasteiger charge is -2.43. The van der Waals surface area contributed by atoms with E-state index in [2.05, 4.69) is 0 Å². The van der Waals surface area contributed by atoms with Crippen LogP contribution >= 0.6 is 0 Å². The molecule has 17 N–H and O–H groups in total. The van der Waals surface area contributed by atoms with E-state index >= 15 is 0 Å². The molecule has 7 rings (SSSR count). The summed E-state index contributed by atoms with van der Waals surface area (Å²) in [5.41, 5.74) is -4.87. The van der Waals surface area contributed by atoms with Crippen molar-refractivity contribution in [1.82, 2.24) is 0 Å². The van der Waals surface area contributed by atoms with E-state index in [9.17, 15) is 116 Å². The first-order valence-corrected chi connectivity index (χ1v) is 21.3. The van der Waals surface area contributed by atoms with Crippen molar-refractivity contribution in [2.45, 2.75) is 30.7 Å². The first-order valence-electron chi connectivity index (χ1n) is 21.3. The third kappa shape index (κ3) is 11.1. The number of hydrogen-bond donors (Lipinski definition) is 17. The van der Waals surface area contributed by atoms with Crippen LogP contribution in [0.4, 0.5) is 0 Å². The first-order chi connectivity index (χ1) is 36.6. The molecule has 0 aromatic heterocycles. The molecule has 0 spiro atoms. The molecule has 78 heavy (non-hydrogen) atoms. The third-order valence-corrected chi connectivity index (χ3v) is 10.9. The summed E-state index contributed by atoms with van der Waals surface area (Å²) in [6.07, 6.45) is -12.7. The maximum Gasteiger partial charge on any atom is 0.344 e. The Kier molecular flexibility index (Phi) is 14.9. The first kappa shape index (κ1) is 54.5. The predicted octanol–water partition coefficient (Wildman–Crippen LogP) is 2.32. The summed E-state index contributed by atoms with van der Waals surface area (Å²) in [7, 11) is 0.